The summed E-state index contributed by atoms with van der Waals surface area (Å²) in [7, 11) is 0. The van der Waals surface area contributed by atoms with E-state index in [0.29, 0.717) is 0 Å². The molecule has 2 heterocycles. The number of halogens is 1. The Morgan fingerprint density at radius 1 is 1.53 bits per heavy atom. The Balaban J connectivity index is 2.42. The molecule has 0 saturated carbocycles. The first-order chi connectivity index (χ1) is 8.13. The Morgan fingerprint density at radius 3 is 2.76 bits per heavy atom. The van der Waals surface area contributed by atoms with Crippen LogP contribution in [0.25, 0.3) is 0 Å². The molecule has 2 aromatic heterocycles. The molecule has 17 heavy (non-hydrogen) atoms. The SMILES string of the molecule is CCC(N)C(c1ccc(Cl)s1)n1ccnc1C. The lowest BCUT2D eigenvalue weighted by Gasteiger charge is -2.24. The molecule has 2 aromatic rings. The van der Waals surface area contributed by atoms with Crippen LogP contribution in [0.1, 0.15) is 30.1 Å². The van der Waals surface area contributed by atoms with Crippen molar-refractivity contribution in [1.29, 1.82) is 0 Å². The standard InChI is InChI=1S/C12H16ClN3S/c1-3-9(14)12(10-4-5-11(13)17-10)16-7-6-15-8(16)2/h4-7,9,12H,3,14H2,1-2H3. The van der Waals surface area contributed by atoms with E-state index in [2.05, 4.69) is 16.5 Å². The number of nitrogens with zero attached hydrogens (tertiary/aromatic N) is 2. The van der Waals surface area contributed by atoms with E-state index < -0.39 is 0 Å². The van der Waals surface area contributed by atoms with Crippen LogP contribution in [0.3, 0.4) is 0 Å². The second kappa shape index (κ2) is 5.21. The van der Waals surface area contributed by atoms with Crippen LogP contribution >= 0.6 is 22.9 Å². The van der Waals surface area contributed by atoms with E-state index >= 15 is 0 Å². The van der Waals surface area contributed by atoms with E-state index in [1.807, 2.05) is 25.3 Å². The van der Waals surface area contributed by atoms with E-state index in [-0.39, 0.29) is 12.1 Å². The Kier molecular flexibility index (Phi) is 3.86. The van der Waals surface area contributed by atoms with E-state index in [0.717, 1.165) is 16.6 Å². The quantitative estimate of drug-likeness (QED) is 0.926. The molecule has 0 bridgehead atoms. The molecule has 0 amide bonds. The van der Waals surface area contributed by atoms with Gasteiger partial charge in [-0.1, -0.05) is 18.5 Å². The van der Waals surface area contributed by atoms with Crippen molar-refractivity contribution >= 4 is 22.9 Å². The maximum absolute atomic E-state index is 6.23. The average Bonchev–Trinajstić information content (AvgIpc) is 2.90. The highest BCUT2D eigenvalue weighted by atomic mass is 35.5. The molecular formula is C12H16ClN3S. The molecule has 2 N–H and O–H groups in total. The molecule has 0 aliphatic heterocycles. The number of aryl methyl sites for hydroxylation is 1. The zero-order valence-corrected chi connectivity index (χ0v) is 11.5. The number of aromatic nitrogens is 2. The van der Waals surface area contributed by atoms with Gasteiger partial charge in [-0.3, -0.25) is 0 Å². The average molecular weight is 270 g/mol. The molecule has 0 fully saturated rings. The van der Waals surface area contributed by atoms with Crippen molar-refractivity contribution in [1.82, 2.24) is 9.55 Å². The van der Waals surface area contributed by atoms with Gasteiger partial charge in [0, 0.05) is 23.3 Å². The number of rotatable bonds is 4. The molecule has 0 aromatic carbocycles. The van der Waals surface area contributed by atoms with Gasteiger partial charge in [0.05, 0.1) is 10.4 Å². The predicted molar refractivity (Wildman–Crippen MR) is 72.7 cm³/mol. The smallest absolute Gasteiger partial charge is 0.106 e. The van der Waals surface area contributed by atoms with Gasteiger partial charge in [0.1, 0.15) is 5.82 Å². The third-order valence-electron chi connectivity index (χ3n) is 2.92. The van der Waals surface area contributed by atoms with Crippen LogP contribution in [0.2, 0.25) is 4.34 Å². The Morgan fingerprint density at radius 2 is 2.29 bits per heavy atom. The molecule has 0 saturated heterocycles. The molecule has 92 valence electrons. The van der Waals surface area contributed by atoms with Gasteiger partial charge >= 0.3 is 0 Å². The largest absolute Gasteiger partial charge is 0.326 e. The lowest BCUT2D eigenvalue weighted by molar-refractivity contribution is 0.457. The molecule has 0 radical (unpaired) electrons. The van der Waals surface area contributed by atoms with Gasteiger partial charge in [-0.25, -0.2) is 4.98 Å². The fourth-order valence-electron chi connectivity index (χ4n) is 1.95. The minimum absolute atomic E-state index is 0.0672. The van der Waals surface area contributed by atoms with E-state index in [1.165, 1.54) is 4.88 Å². The van der Waals surface area contributed by atoms with E-state index in [1.54, 1.807) is 17.5 Å². The van der Waals surface area contributed by atoms with Crippen molar-refractivity contribution in [3.63, 3.8) is 0 Å². The van der Waals surface area contributed by atoms with Crippen LogP contribution in [0, 0.1) is 6.92 Å². The lowest BCUT2D eigenvalue weighted by Crippen LogP contribution is -2.32. The zero-order valence-electron chi connectivity index (χ0n) is 9.93. The summed E-state index contributed by atoms with van der Waals surface area (Å²) in [6.45, 7) is 4.09. The highest BCUT2D eigenvalue weighted by molar-refractivity contribution is 7.16. The molecule has 2 atom stereocenters. The van der Waals surface area contributed by atoms with E-state index in [9.17, 15) is 0 Å². The molecule has 0 aliphatic rings. The van der Waals surface area contributed by atoms with Crippen molar-refractivity contribution in [3.8, 4) is 0 Å². The van der Waals surface area contributed by atoms with Crippen molar-refractivity contribution in [2.75, 3.05) is 0 Å². The van der Waals surface area contributed by atoms with Crippen molar-refractivity contribution in [3.05, 3.63) is 39.6 Å². The van der Waals surface area contributed by atoms with Gasteiger partial charge in [0.25, 0.3) is 0 Å². The topological polar surface area (TPSA) is 43.8 Å². The summed E-state index contributed by atoms with van der Waals surface area (Å²) in [6, 6.07) is 4.16. The summed E-state index contributed by atoms with van der Waals surface area (Å²) in [5.74, 6) is 0.975. The van der Waals surface area contributed by atoms with Gasteiger partial charge in [-0.2, -0.15) is 0 Å². The van der Waals surface area contributed by atoms with Gasteiger partial charge < -0.3 is 10.3 Å². The van der Waals surface area contributed by atoms with Gasteiger partial charge in [-0.05, 0) is 25.5 Å². The molecule has 2 rings (SSSR count). The lowest BCUT2D eigenvalue weighted by atomic mass is 10.0. The third-order valence-corrected chi connectivity index (χ3v) is 4.23. The van der Waals surface area contributed by atoms with Crippen molar-refractivity contribution < 1.29 is 0 Å². The molecule has 0 spiro atoms. The summed E-state index contributed by atoms with van der Waals surface area (Å²) >= 11 is 7.59. The van der Waals surface area contributed by atoms with Crippen LogP contribution in [0.5, 0.6) is 0 Å². The number of thiophene rings is 1. The van der Waals surface area contributed by atoms with Crippen LogP contribution < -0.4 is 5.73 Å². The molecule has 2 unspecified atom stereocenters. The Hall–Kier alpha value is -0.840. The number of nitrogens with two attached hydrogens (primary N) is 1. The predicted octanol–water partition coefficient (Wildman–Crippen LogP) is 3.23. The molecule has 3 nitrogen and oxygen atoms in total. The van der Waals surface area contributed by atoms with Gasteiger partial charge in [0.15, 0.2) is 0 Å². The normalized spacial score (nSPS) is 14.8. The number of hydrogen-bond acceptors (Lipinski definition) is 3. The van der Waals surface area contributed by atoms with E-state index in [4.69, 9.17) is 17.3 Å². The monoisotopic (exact) mass is 269 g/mol. The fourth-order valence-corrected chi connectivity index (χ4v) is 3.18. The van der Waals surface area contributed by atoms with Gasteiger partial charge in [-0.15, -0.1) is 11.3 Å². The van der Waals surface area contributed by atoms with Gasteiger partial charge in [0.2, 0.25) is 0 Å². The van der Waals surface area contributed by atoms with Crippen LogP contribution in [0.15, 0.2) is 24.5 Å². The second-order valence-electron chi connectivity index (χ2n) is 4.04. The third kappa shape index (κ3) is 2.54. The highest BCUT2D eigenvalue weighted by Crippen LogP contribution is 2.32. The Labute approximate surface area is 110 Å². The molecular weight excluding hydrogens is 254 g/mol. The van der Waals surface area contributed by atoms with Crippen molar-refractivity contribution in [2.45, 2.75) is 32.4 Å². The molecule has 0 aliphatic carbocycles. The highest BCUT2D eigenvalue weighted by Gasteiger charge is 2.23. The fraction of sp³-hybridized carbons (Fsp3) is 0.417. The first-order valence-corrected chi connectivity index (χ1v) is 6.83. The minimum Gasteiger partial charge on any atom is -0.326 e. The minimum atomic E-state index is 0.0672. The number of imidazole rings is 1. The maximum Gasteiger partial charge on any atom is 0.106 e. The zero-order chi connectivity index (χ0) is 12.4. The summed E-state index contributed by atoms with van der Waals surface area (Å²) < 4.78 is 2.92. The second-order valence-corrected chi connectivity index (χ2v) is 5.79. The summed E-state index contributed by atoms with van der Waals surface area (Å²) in [5.41, 5.74) is 6.23. The Bertz CT molecular complexity index is 491. The first kappa shape index (κ1) is 12.6. The maximum atomic E-state index is 6.23. The summed E-state index contributed by atoms with van der Waals surface area (Å²) in [5, 5.41) is 0. The summed E-state index contributed by atoms with van der Waals surface area (Å²) in [6.07, 6.45) is 4.70. The first-order valence-electron chi connectivity index (χ1n) is 5.63. The summed E-state index contributed by atoms with van der Waals surface area (Å²) in [4.78, 5) is 5.45. The van der Waals surface area contributed by atoms with Crippen LogP contribution in [-0.2, 0) is 0 Å². The van der Waals surface area contributed by atoms with Crippen molar-refractivity contribution in [2.24, 2.45) is 5.73 Å². The van der Waals surface area contributed by atoms with Crippen LogP contribution in [0.4, 0.5) is 0 Å². The number of hydrogen-bond donors (Lipinski definition) is 1. The molecule has 5 heteroatoms. The van der Waals surface area contributed by atoms with Crippen LogP contribution in [-0.4, -0.2) is 15.6 Å².